The van der Waals surface area contributed by atoms with Crippen molar-refractivity contribution in [1.29, 1.82) is 0 Å². The lowest BCUT2D eigenvalue weighted by atomic mass is 10.0. The lowest BCUT2D eigenvalue weighted by molar-refractivity contribution is 0.413. The van der Waals surface area contributed by atoms with Crippen LogP contribution < -0.4 is 4.90 Å². The Labute approximate surface area is 230 Å². The second-order valence-electron chi connectivity index (χ2n) is 9.39. The van der Waals surface area contributed by atoms with Gasteiger partial charge < -0.3 is 15.1 Å². The van der Waals surface area contributed by atoms with Crippen LogP contribution in [-0.4, -0.2) is 36.0 Å². The van der Waals surface area contributed by atoms with E-state index in [4.69, 9.17) is 0 Å². The van der Waals surface area contributed by atoms with Gasteiger partial charge >= 0.3 is 0 Å². The summed E-state index contributed by atoms with van der Waals surface area (Å²) < 4.78 is 15.6. The van der Waals surface area contributed by atoms with Gasteiger partial charge in [-0.2, -0.15) is 9.49 Å². The van der Waals surface area contributed by atoms with Gasteiger partial charge in [0.2, 0.25) is 11.8 Å². The summed E-state index contributed by atoms with van der Waals surface area (Å²) in [7, 11) is 1.80. The molecule has 0 bridgehead atoms. The number of rotatable bonds is 7. The Morgan fingerprint density at radius 3 is 2.33 bits per heavy atom. The van der Waals surface area contributed by atoms with Crippen molar-refractivity contribution in [1.82, 2.24) is 19.7 Å². The predicted molar refractivity (Wildman–Crippen MR) is 152 cm³/mol. The minimum Gasteiger partial charge on any atom is -0.504 e. The summed E-state index contributed by atoms with van der Waals surface area (Å²) in [5.41, 5.74) is 4.29. The fourth-order valence-electron chi connectivity index (χ4n) is 4.49. The summed E-state index contributed by atoms with van der Waals surface area (Å²) in [4.78, 5) is 11.2. The smallest absolute Gasteiger partial charge is 0.229 e. The highest BCUT2D eigenvalue weighted by Gasteiger charge is 2.28. The number of anilines is 2. The second-order valence-corrected chi connectivity index (χ2v) is 10.5. The molecule has 0 radical (unpaired) electrons. The molecule has 3 heterocycles. The molecule has 0 atom stereocenters. The SMILES string of the molecule is Cc1c(-c2ccc(Sc3c(O)nc(-c4ccn(C)n4)c(N(c4ccccc4)C(C)C)c3O)cc2)ccnc1F. The van der Waals surface area contributed by atoms with E-state index < -0.39 is 5.95 Å². The molecular formula is C30H28FN5O2S. The average Bonchev–Trinajstić information content (AvgIpc) is 3.36. The van der Waals surface area contributed by atoms with Crippen LogP contribution in [0.5, 0.6) is 11.6 Å². The maximum absolute atomic E-state index is 14.0. The van der Waals surface area contributed by atoms with Gasteiger partial charge in [-0.15, -0.1) is 0 Å². The molecule has 0 amide bonds. The Balaban J connectivity index is 1.60. The van der Waals surface area contributed by atoms with E-state index in [9.17, 15) is 14.6 Å². The first-order valence-electron chi connectivity index (χ1n) is 12.4. The number of halogens is 1. The zero-order chi connectivity index (χ0) is 27.7. The Morgan fingerprint density at radius 1 is 0.974 bits per heavy atom. The van der Waals surface area contributed by atoms with Gasteiger partial charge in [0.25, 0.3) is 0 Å². The van der Waals surface area contributed by atoms with E-state index in [2.05, 4.69) is 15.1 Å². The summed E-state index contributed by atoms with van der Waals surface area (Å²) >= 11 is 1.20. The monoisotopic (exact) mass is 541 g/mol. The molecule has 39 heavy (non-hydrogen) atoms. The van der Waals surface area contributed by atoms with Crippen molar-refractivity contribution < 1.29 is 14.6 Å². The van der Waals surface area contributed by atoms with Crippen molar-refractivity contribution in [3.8, 4) is 34.1 Å². The van der Waals surface area contributed by atoms with E-state index >= 15 is 0 Å². The Morgan fingerprint density at radius 2 is 1.69 bits per heavy atom. The van der Waals surface area contributed by atoms with Gasteiger partial charge in [-0.05, 0) is 68.3 Å². The van der Waals surface area contributed by atoms with Crippen molar-refractivity contribution in [3.63, 3.8) is 0 Å². The van der Waals surface area contributed by atoms with Gasteiger partial charge in [-0.25, -0.2) is 9.97 Å². The van der Waals surface area contributed by atoms with Crippen molar-refractivity contribution in [2.75, 3.05) is 4.90 Å². The number of aromatic nitrogens is 4. The largest absolute Gasteiger partial charge is 0.504 e. The topological polar surface area (TPSA) is 87.3 Å². The first-order valence-corrected chi connectivity index (χ1v) is 13.3. The maximum atomic E-state index is 14.0. The highest BCUT2D eigenvalue weighted by Crippen LogP contribution is 2.50. The van der Waals surface area contributed by atoms with Crippen LogP contribution in [0.25, 0.3) is 22.5 Å². The number of benzene rings is 2. The third-order valence-corrected chi connectivity index (χ3v) is 7.45. The van der Waals surface area contributed by atoms with E-state index in [0.29, 0.717) is 22.6 Å². The van der Waals surface area contributed by atoms with Crippen LogP contribution in [-0.2, 0) is 7.05 Å². The van der Waals surface area contributed by atoms with Crippen molar-refractivity contribution in [2.45, 2.75) is 36.6 Å². The Bertz CT molecular complexity index is 1620. The number of para-hydroxylation sites is 1. The van der Waals surface area contributed by atoms with Crippen molar-refractivity contribution in [3.05, 3.63) is 90.6 Å². The zero-order valence-corrected chi connectivity index (χ0v) is 22.8. The van der Waals surface area contributed by atoms with Gasteiger partial charge in [-0.1, -0.05) is 42.1 Å². The fraction of sp³-hybridized carbons (Fsp3) is 0.167. The normalized spacial score (nSPS) is 11.2. The summed E-state index contributed by atoms with van der Waals surface area (Å²) in [6.45, 7) is 5.74. The summed E-state index contributed by atoms with van der Waals surface area (Å²) in [6.07, 6.45) is 3.23. The molecule has 3 aromatic heterocycles. The van der Waals surface area contributed by atoms with E-state index in [0.717, 1.165) is 21.7 Å². The van der Waals surface area contributed by atoms with E-state index in [1.165, 1.54) is 18.0 Å². The number of nitrogens with zero attached hydrogens (tertiary/aromatic N) is 5. The minimum absolute atomic E-state index is 0.0479. The lowest BCUT2D eigenvalue weighted by Gasteiger charge is -2.31. The molecule has 0 saturated carbocycles. The molecule has 5 rings (SSSR count). The molecule has 2 aromatic carbocycles. The van der Waals surface area contributed by atoms with Crippen LogP contribution in [0.4, 0.5) is 15.8 Å². The highest BCUT2D eigenvalue weighted by atomic mass is 32.2. The van der Waals surface area contributed by atoms with Crippen molar-refractivity contribution in [2.24, 2.45) is 7.05 Å². The van der Waals surface area contributed by atoms with E-state index in [1.54, 1.807) is 37.0 Å². The molecule has 9 heteroatoms. The number of hydrogen-bond acceptors (Lipinski definition) is 7. The fourth-order valence-corrected chi connectivity index (χ4v) is 5.33. The lowest BCUT2D eigenvalue weighted by Crippen LogP contribution is -2.26. The van der Waals surface area contributed by atoms with Crippen LogP contribution in [0.2, 0.25) is 0 Å². The molecule has 198 valence electrons. The highest BCUT2D eigenvalue weighted by molar-refractivity contribution is 7.99. The summed E-state index contributed by atoms with van der Waals surface area (Å²) in [5.74, 6) is -0.892. The quantitative estimate of drug-likeness (QED) is 0.213. The number of aromatic hydroxyl groups is 2. The zero-order valence-electron chi connectivity index (χ0n) is 22.0. The van der Waals surface area contributed by atoms with Crippen molar-refractivity contribution >= 4 is 23.1 Å². The average molecular weight is 542 g/mol. The van der Waals surface area contributed by atoms with E-state index in [1.807, 2.05) is 73.3 Å². The molecule has 5 aromatic rings. The molecule has 0 spiro atoms. The number of aryl methyl sites for hydroxylation is 1. The van der Waals surface area contributed by atoms with Gasteiger partial charge in [0.05, 0.1) is 0 Å². The summed E-state index contributed by atoms with van der Waals surface area (Å²) in [6, 6.07) is 20.7. The molecule has 0 unspecified atom stereocenters. The number of hydrogen-bond donors (Lipinski definition) is 2. The summed E-state index contributed by atoms with van der Waals surface area (Å²) in [5, 5.41) is 27.2. The van der Waals surface area contributed by atoms with Gasteiger partial charge in [0.15, 0.2) is 5.75 Å². The molecule has 7 nitrogen and oxygen atoms in total. The second kappa shape index (κ2) is 10.8. The predicted octanol–water partition coefficient (Wildman–Crippen LogP) is 7.10. The van der Waals surface area contributed by atoms with Crippen LogP contribution in [0, 0.1) is 12.9 Å². The molecular weight excluding hydrogens is 513 g/mol. The molecule has 0 fully saturated rings. The molecule has 0 aliphatic heterocycles. The Kier molecular flexibility index (Phi) is 7.26. The number of pyridine rings is 2. The first kappa shape index (κ1) is 26.2. The third kappa shape index (κ3) is 5.18. The third-order valence-electron chi connectivity index (χ3n) is 6.36. The van der Waals surface area contributed by atoms with Crippen LogP contribution in [0.15, 0.2) is 88.9 Å². The first-order chi connectivity index (χ1) is 18.7. The van der Waals surface area contributed by atoms with Crippen LogP contribution in [0.3, 0.4) is 0 Å². The molecule has 0 aliphatic rings. The van der Waals surface area contributed by atoms with E-state index in [-0.39, 0.29) is 22.6 Å². The van der Waals surface area contributed by atoms with Crippen LogP contribution >= 0.6 is 11.8 Å². The van der Waals surface area contributed by atoms with Gasteiger partial charge in [0, 0.05) is 41.6 Å². The minimum atomic E-state index is -0.500. The van der Waals surface area contributed by atoms with Gasteiger partial charge in [0.1, 0.15) is 22.0 Å². The molecule has 2 N–H and O–H groups in total. The van der Waals surface area contributed by atoms with Crippen LogP contribution in [0.1, 0.15) is 19.4 Å². The molecule has 0 saturated heterocycles. The Hall–Kier alpha value is -4.37. The standard InChI is InChI=1S/C30H28FN5O2S/c1-18(2)36(21-8-6-5-7-9-21)26-25(24-15-17-35(4)34-24)33-30(38)28(27(26)37)39-22-12-10-20(11-13-22)23-14-16-32-29(31)19(23)3/h5-18H,1-4H3,(H2,33,37,38). The van der Waals surface area contributed by atoms with Gasteiger partial charge in [-0.3, -0.25) is 4.68 Å². The molecule has 0 aliphatic carbocycles. The maximum Gasteiger partial charge on any atom is 0.229 e.